The van der Waals surface area contributed by atoms with Crippen molar-refractivity contribution < 1.29 is 0 Å². The van der Waals surface area contributed by atoms with Gasteiger partial charge in [-0.25, -0.2) is 9.97 Å². The van der Waals surface area contributed by atoms with Gasteiger partial charge in [0.15, 0.2) is 0 Å². The van der Waals surface area contributed by atoms with Crippen molar-refractivity contribution in [1.29, 1.82) is 0 Å². The number of hydrogen-bond acceptors (Lipinski definition) is 2. The zero-order valence-electron chi connectivity index (χ0n) is 33.6. The predicted molar refractivity (Wildman–Crippen MR) is 260 cm³/mol. The highest BCUT2D eigenvalue weighted by atomic mass is 15.2. The molecule has 0 fully saturated rings. The van der Waals surface area contributed by atoms with E-state index in [1.54, 1.807) is 0 Å². The van der Waals surface area contributed by atoms with Crippen molar-refractivity contribution in [2.45, 2.75) is 0 Å². The van der Waals surface area contributed by atoms with Gasteiger partial charge in [0.1, 0.15) is 0 Å². The van der Waals surface area contributed by atoms with E-state index in [9.17, 15) is 0 Å². The van der Waals surface area contributed by atoms with Crippen molar-refractivity contribution in [2.24, 2.45) is 0 Å². The van der Waals surface area contributed by atoms with Crippen LogP contribution in [0, 0.1) is 0 Å². The molecule has 10 aromatic carbocycles. The van der Waals surface area contributed by atoms with Crippen LogP contribution in [-0.4, -0.2) is 19.1 Å². The summed E-state index contributed by atoms with van der Waals surface area (Å²) >= 11 is 0. The first kappa shape index (κ1) is 34.5. The highest BCUT2D eigenvalue weighted by Gasteiger charge is 2.22. The summed E-state index contributed by atoms with van der Waals surface area (Å²) in [5.74, 6) is 0.651. The van der Waals surface area contributed by atoms with Gasteiger partial charge >= 0.3 is 0 Å². The van der Waals surface area contributed by atoms with Gasteiger partial charge in [-0.3, -0.25) is 4.57 Å². The minimum atomic E-state index is 0.651. The average Bonchev–Trinajstić information content (AvgIpc) is 3.87. The number of hydrogen-bond donors (Lipinski definition) is 0. The van der Waals surface area contributed by atoms with E-state index in [1.807, 2.05) is 6.07 Å². The van der Waals surface area contributed by atoms with Gasteiger partial charge in [-0.15, -0.1) is 0 Å². The van der Waals surface area contributed by atoms with Crippen LogP contribution in [0.15, 0.2) is 218 Å². The van der Waals surface area contributed by atoms with E-state index in [0.29, 0.717) is 5.95 Å². The van der Waals surface area contributed by atoms with Gasteiger partial charge in [0, 0.05) is 43.6 Å². The summed E-state index contributed by atoms with van der Waals surface area (Å²) in [5, 5.41) is 10.7. The van der Waals surface area contributed by atoms with Gasteiger partial charge in [-0.2, -0.15) is 0 Å². The number of rotatable bonds is 5. The van der Waals surface area contributed by atoms with Crippen molar-refractivity contribution >= 4 is 76.1 Å². The van der Waals surface area contributed by atoms with E-state index in [-0.39, 0.29) is 0 Å². The van der Waals surface area contributed by atoms with Crippen molar-refractivity contribution in [3.05, 3.63) is 218 Å². The number of fused-ring (bicyclic) bond motifs is 11. The molecule has 62 heavy (non-hydrogen) atoms. The molecular formula is C58H36N4. The molecule has 0 saturated heterocycles. The second-order valence-electron chi connectivity index (χ2n) is 16.1. The van der Waals surface area contributed by atoms with Crippen LogP contribution >= 0.6 is 0 Å². The highest BCUT2D eigenvalue weighted by Crippen LogP contribution is 2.45. The van der Waals surface area contributed by atoms with Crippen LogP contribution < -0.4 is 0 Å². The zero-order valence-corrected chi connectivity index (χ0v) is 33.6. The molecule has 3 heterocycles. The molecule has 13 rings (SSSR count). The van der Waals surface area contributed by atoms with Crippen LogP contribution in [0.2, 0.25) is 0 Å². The zero-order chi connectivity index (χ0) is 40.7. The van der Waals surface area contributed by atoms with Gasteiger partial charge in [0.05, 0.1) is 33.3 Å². The molecule has 4 heteroatoms. The molecule has 13 aromatic rings. The Labute approximate surface area is 357 Å². The van der Waals surface area contributed by atoms with Gasteiger partial charge in [-0.05, 0) is 86.9 Å². The molecule has 0 spiro atoms. The van der Waals surface area contributed by atoms with Crippen molar-refractivity contribution in [3.8, 4) is 45.1 Å². The predicted octanol–water partition coefficient (Wildman–Crippen LogP) is 15.1. The largest absolute Gasteiger partial charge is 0.309 e. The first-order valence-corrected chi connectivity index (χ1v) is 21.2. The maximum Gasteiger partial charge on any atom is 0.235 e. The van der Waals surface area contributed by atoms with Crippen LogP contribution in [-0.2, 0) is 0 Å². The summed E-state index contributed by atoms with van der Waals surface area (Å²) in [7, 11) is 0. The van der Waals surface area contributed by atoms with Crippen LogP contribution in [0.3, 0.4) is 0 Å². The van der Waals surface area contributed by atoms with Crippen molar-refractivity contribution in [3.63, 3.8) is 0 Å². The lowest BCUT2D eigenvalue weighted by Gasteiger charge is -2.15. The second kappa shape index (κ2) is 13.6. The van der Waals surface area contributed by atoms with Crippen LogP contribution in [0.4, 0.5) is 0 Å². The summed E-state index contributed by atoms with van der Waals surface area (Å²) in [4.78, 5) is 10.7. The fourth-order valence-electron chi connectivity index (χ4n) is 10.0. The Morgan fingerprint density at radius 3 is 1.58 bits per heavy atom. The smallest absolute Gasteiger partial charge is 0.235 e. The fraction of sp³-hybridized carbons (Fsp3) is 0. The monoisotopic (exact) mass is 788 g/mol. The second-order valence-corrected chi connectivity index (χ2v) is 16.1. The quantitative estimate of drug-likeness (QED) is 0.174. The minimum Gasteiger partial charge on any atom is -0.309 e. The summed E-state index contributed by atoms with van der Waals surface area (Å²) in [6.45, 7) is 0. The molecule has 0 amide bonds. The third-order valence-electron chi connectivity index (χ3n) is 12.7. The maximum atomic E-state index is 5.40. The molecule has 0 N–H and O–H groups in total. The van der Waals surface area contributed by atoms with E-state index in [1.165, 1.54) is 65.3 Å². The molecular weight excluding hydrogens is 753 g/mol. The molecule has 4 nitrogen and oxygen atoms in total. The fourth-order valence-corrected chi connectivity index (χ4v) is 10.0. The van der Waals surface area contributed by atoms with E-state index in [4.69, 9.17) is 9.97 Å². The molecule has 0 bridgehead atoms. The van der Waals surface area contributed by atoms with Gasteiger partial charge < -0.3 is 4.57 Å². The first-order valence-electron chi connectivity index (χ1n) is 21.2. The van der Waals surface area contributed by atoms with Gasteiger partial charge in [0.2, 0.25) is 5.95 Å². The van der Waals surface area contributed by atoms with Crippen molar-refractivity contribution in [2.75, 3.05) is 0 Å². The minimum absolute atomic E-state index is 0.651. The lowest BCUT2D eigenvalue weighted by atomic mass is 9.91. The Kier molecular flexibility index (Phi) is 7.57. The van der Waals surface area contributed by atoms with Crippen LogP contribution in [0.25, 0.3) is 121 Å². The van der Waals surface area contributed by atoms with E-state index in [0.717, 1.165) is 50.0 Å². The standard InChI is InChI=1S/C58H36N4/c1-3-18-37(19-4-1)56-46-29-11-14-31-51(46)59-58(60-56)62-53-33-16-13-30-47(53)55-44-27-9-7-24-41(44)49(36-54(55)62)39-21-17-20-38(34-39)48-35-50-43-26-12-15-32-52(43)61(40-22-5-2-6-23-40)57(50)45-28-10-8-25-42(45)48/h1-36H. The Balaban J connectivity index is 1.07. The molecule has 0 atom stereocenters. The average molecular weight is 789 g/mol. The Hall–Kier alpha value is -8.34. The molecule has 0 radical (unpaired) electrons. The molecule has 0 aliphatic rings. The highest BCUT2D eigenvalue weighted by molar-refractivity contribution is 6.25. The topological polar surface area (TPSA) is 35.6 Å². The third-order valence-corrected chi connectivity index (χ3v) is 12.7. The number of benzene rings is 10. The van der Waals surface area contributed by atoms with Crippen LogP contribution in [0.1, 0.15) is 0 Å². The first-order chi connectivity index (χ1) is 30.8. The lowest BCUT2D eigenvalue weighted by Crippen LogP contribution is -2.03. The summed E-state index contributed by atoms with van der Waals surface area (Å²) < 4.78 is 4.70. The van der Waals surface area contributed by atoms with E-state index in [2.05, 4.69) is 221 Å². The third kappa shape index (κ3) is 5.14. The Morgan fingerprint density at radius 2 is 0.839 bits per heavy atom. The molecule has 3 aromatic heterocycles. The van der Waals surface area contributed by atoms with Gasteiger partial charge in [0.25, 0.3) is 0 Å². The molecule has 0 aliphatic carbocycles. The number of nitrogens with zero attached hydrogens (tertiary/aromatic N) is 4. The molecule has 0 saturated carbocycles. The number of aromatic nitrogens is 4. The van der Waals surface area contributed by atoms with E-state index >= 15 is 0 Å². The van der Waals surface area contributed by atoms with Gasteiger partial charge in [-0.1, -0.05) is 170 Å². The summed E-state index contributed by atoms with van der Waals surface area (Å²) in [6, 6.07) is 78.6. The van der Waals surface area contributed by atoms with E-state index < -0.39 is 0 Å². The molecule has 288 valence electrons. The Morgan fingerprint density at radius 1 is 0.306 bits per heavy atom. The van der Waals surface area contributed by atoms with Crippen molar-refractivity contribution in [1.82, 2.24) is 19.1 Å². The Bertz CT molecular complexity index is 3920. The number of para-hydroxylation sites is 4. The molecule has 0 aliphatic heterocycles. The molecule has 0 unspecified atom stereocenters. The lowest BCUT2D eigenvalue weighted by molar-refractivity contribution is 1.01. The maximum absolute atomic E-state index is 5.40. The summed E-state index contributed by atoms with van der Waals surface area (Å²) in [6.07, 6.45) is 0. The normalized spacial score (nSPS) is 11.9. The SMILES string of the molecule is c1ccc(-c2nc(-n3c4ccccc4c4c5ccccc5c(-c5cccc(-c6cc7c8ccccc8n(-c8ccccc8)c7c7ccccc67)c5)cc43)nc3ccccc23)cc1. The van der Waals surface area contributed by atoms with Crippen LogP contribution in [0.5, 0.6) is 0 Å². The summed E-state index contributed by atoms with van der Waals surface area (Å²) in [5.41, 5.74) is 13.3.